The van der Waals surface area contributed by atoms with Gasteiger partial charge in [-0.25, -0.2) is 19.3 Å². The molecule has 0 saturated carbocycles. The number of hydrogen-bond acceptors (Lipinski definition) is 16. The molecule has 18 nitrogen and oxygen atoms in total. The van der Waals surface area contributed by atoms with E-state index in [9.17, 15) is 39.9 Å². The van der Waals surface area contributed by atoms with Crippen LogP contribution in [0.15, 0.2) is 35.3 Å². The number of rotatable bonds is 10. The quantitative estimate of drug-likeness (QED) is 0.0719. The molecule has 276 valence electrons. The van der Waals surface area contributed by atoms with Crippen molar-refractivity contribution in [3.8, 4) is 17.1 Å². The highest BCUT2D eigenvalue weighted by Gasteiger charge is 2.46. The molecule has 7 rings (SSSR count). The summed E-state index contributed by atoms with van der Waals surface area (Å²) in [5.74, 6) is -0.575. The Morgan fingerprint density at radius 1 is 1.08 bits per heavy atom. The monoisotopic (exact) mass is 723 g/mol. The molecule has 18 heteroatoms. The Morgan fingerprint density at radius 2 is 1.88 bits per heavy atom. The first-order valence-electron chi connectivity index (χ1n) is 16.7. The summed E-state index contributed by atoms with van der Waals surface area (Å²) in [7, 11) is 0. The van der Waals surface area contributed by atoms with Crippen LogP contribution in [0.1, 0.15) is 54.4 Å². The van der Waals surface area contributed by atoms with E-state index in [1.165, 1.54) is 6.20 Å². The van der Waals surface area contributed by atoms with Crippen molar-refractivity contribution in [2.24, 2.45) is 0 Å². The Hall–Kier alpha value is -4.82. The van der Waals surface area contributed by atoms with Gasteiger partial charge >= 0.3 is 12.1 Å². The van der Waals surface area contributed by atoms with Crippen molar-refractivity contribution in [2.75, 3.05) is 19.8 Å². The second-order valence-corrected chi connectivity index (χ2v) is 12.7. The summed E-state index contributed by atoms with van der Waals surface area (Å²) >= 11 is 0. The lowest BCUT2D eigenvalue weighted by molar-refractivity contribution is -0.254. The molecule has 0 aliphatic carbocycles. The third kappa shape index (κ3) is 6.01. The summed E-state index contributed by atoms with van der Waals surface area (Å²) in [5, 5.41) is 59.3. The molecule has 0 bridgehead atoms. The van der Waals surface area contributed by atoms with Crippen molar-refractivity contribution >= 4 is 23.0 Å². The van der Waals surface area contributed by atoms with Crippen LogP contribution in [0.4, 0.5) is 4.79 Å². The number of aliphatic hydroxyl groups is 5. The summed E-state index contributed by atoms with van der Waals surface area (Å²) in [6.07, 6.45) is -5.84. The highest BCUT2D eigenvalue weighted by Crippen LogP contribution is 2.41. The number of hydrogen-bond donors (Lipinski definition) is 5. The van der Waals surface area contributed by atoms with Crippen molar-refractivity contribution in [1.82, 2.24) is 24.5 Å². The average Bonchev–Trinajstić information content (AvgIpc) is 3.76. The maximum atomic E-state index is 13.6. The van der Waals surface area contributed by atoms with Crippen LogP contribution in [0.2, 0.25) is 0 Å². The number of aryl methyl sites for hydroxylation is 1. The largest absolute Gasteiger partial charge is 0.513 e. The Kier molecular flexibility index (Phi) is 9.55. The fraction of sp³-hybridized carbons (Fsp3) is 0.471. The van der Waals surface area contributed by atoms with Crippen LogP contribution >= 0.6 is 0 Å². The van der Waals surface area contributed by atoms with Crippen LogP contribution < -0.4 is 10.3 Å². The number of ether oxygens (including phenoxy) is 5. The zero-order valence-corrected chi connectivity index (χ0v) is 28.2. The summed E-state index contributed by atoms with van der Waals surface area (Å²) in [5.41, 5.74) is 1.91. The number of cyclic esters (lactones) is 1. The zero-order valence-electron chi connectivity index (χ0n) is 28.2. The van der Waals surface area contributed by atoms with Gasteiger partial charge in [-0.1, -0.05) is 19.1 Å². The summed E-state index contributed by atoms with van der Waals surface area (Å²) in [4.78, 5) is 43.4. The van der Waals surface area contributed by atoms with E-state index in [0.717, 1.165) is 21.2 Å². The van der Waals surface area contributed by atoms with Gasteiger partial charge in [0.2, 0.25) is 0 Å². The molecule has 1 fully saturated rings. The number of pyridine rings is 2. The Labute approximate surface area is 294 Å². The van der Waals surface area contributed by atoms with Gasteiger partial charge in [-0.05, 0) is 42.7 Å². The number of carbonyl (C=O) groups is 2. The number of fused-ring (bicyclic) bond motifs is 5. The second kappa shape index (κ2) is 14.0. The van der Waals surface area contributed by atoms with Crippen molar-refractivity contribution < 1.29 is 58.8 Å². The van der Waals surface area contributed by atoms with Gasteiger partial charge in [0.15, 0.2) is 11.8 Å². The number of carbonyl (C=O) groups excluding carboxylic acids is 2. The topological polar surface area (TPSA) is 247 Å². The van der Waals surface area contributed by atoms with Crippen LogP contribution in [0, 0.1) is 0 Å². The van der Waals surface area contributed by atoms with Crippen molar-refractivity contribution in [2.45, 2.75) is 82.7 Å². The molecule has 0 radical (unpaired) electrons. The summed E-state index contributed by atoms with van der Waals surface area (Å²) in [6.45, 7) is 2.84. The second-order valence-electron chi connectivity index (χ2n) is 12.7. The predicted molar refractivity (Wildman–Crippen MR) is 175 cm³/mol. The smallest absolute Gasteiger partial charge is 0.458 e. The molecule has 6 atom stereocenters. The first kappa shape index (κ1) is 35.6. The number of esters is 1. The number of aromatic nitrogens is 5. The molecule has 6 heterocycles. The fourth-order valence-electron chi connectivity index (χ4n) is 6.90. The molecule has 4 aromatic rings. The highest BCUT2D eigenvalue weighted by atomic mass is 16.7. The molecule has 1 aromatic carbocycles. The van der Waals surface area contributed by atoms with Gasteiger partial charge in [-0.3, -0.25) is 4.79 Å². The lowest BCUT2D eigenvalue weighted by Crippen LogP contribution is -2.56. The lowest BCUT2D eigenvalue weighted by Gasteiger charge is -2.39. The van der Waals surface area contributed by atoms with Crippen molar-refractivity contribution in [3.05, 3.63) is 68.8 Å². The molecule has 3 aromatic heterocycles. The van der Waals surface area contributed by atoms with Gasteiger partial charge in [0.1, 0.15) is 49.1 Å². The van der Waals surface area contributed by atoms with Gasteiger partial charge in [-0.15, -0.1) is 5.10 Å². The highest BCUT2D eigenvalue weighted by molar-refractivity contribution is 5.90. The van der Waals surface area contributed by atoms with E-state index in [-0.39, 0.29) is 61.8 Å². The Bertz CT molecular complexity index is 2100. The molecule has 5 N–H and O–H groups in total. The van der Waals surface area contributed by atoms with Crippen LogP contribution in [0.25, 0.3) is 22.3 Å². The number of benzene rings is 1. The van der Waals surface area contributed by atoms with Crippen LogP contribution in [-0.2, 0) is 55.5 Å². The molecule has 1 saturated heterocycles. The van der Waals surface area contributed by atoms with Crippen molar-refractivity contribution in [1.29, 1.82) is 0 Å². The SMILES string of the molecule is CCc1c2c(nc3ccc(OC(=O)OCCOCc4cn([C@H]5O[C@@H](CO)[C@H](O)[C@@H](O)[C@@H]5O)nn4)cc13)-c1cc3c(c(=O)n1C2)COC(=O)[C@]3(O)CC. The summed E-state index contributed by atoms with van der Waals surface area (Å²) in [6, 6.07) is 6.60. The van der Waals surface area contributed by atoms with E-state index in [2.05, 4.69) is 10.3 Å². The normalized spacial score (nSPS) is 25.0. The van der Waals surface area contributed by atoms with Crippen LogP contribution in [0.5, 0.6) is 5.75 Å². The van der Waals surface area contributed by atoms with Gasteiger partial charge in [0, 0.05) is 16.5 Å². The standard InChI is InChI=1S/C34H37N5O13/c1-3-18-19-9-17(51-33(46)49-8-7-48-14-16-11-39(37-36-16)31-29(43)28(42)27(41)25(13-40)52-31)5-6-23(19)35-26-20(18)12-38-24(26)10-22-21(30(38)44)15-50-32(45)34(22,47)4-2/h5-6,9-11,25,27-29,31,40-43,47H,3-4,7-8,12-15H2,1-2H3/t25-,27-,28+,29-,31-,34-/m0/s1. The van der Waals surface area contributed by atoms with E-state index in [4.69, 9.17) is 28.7 Å². The maximum Gasteiger partial charge on any atom is 0.513 e. The average molecular weight is 724 g/mol. The number of nitrogens with zero attached hydrogens (tertiary/aromatic N) is 5. The van der Waals surface area contributed by atoms with Gasteiger partial charge in [-0.2, -0.15) is 0 Å². The van der Waals surface area contributed by atoms with Gasteiger partial charge < -0.3 is 53.8 Å². The molecule has 0 amide bonds. The summed E-state index contributed by atoms with van der Waals surface area (Å²) < 4.78 is 29.4. The first-order chi connectivity index (χ1) is 25.0. The predicted octanol–water partition coefficient (Wildman–Crippen LogP) is -0.0619. The third-order valence-electron chi connectivity index (χ3n) is 9.71. The first-order valence-corrected chi connectivity index (χ1v) is 16.7. The van der Waals surface area contributed by atoms with Crippen LogP contribution in [0.3, 0.4) is 0 Å². The van der Waals surface area contributed by atoms with Gasteiger partial charge in [0.05, 0.1) is 55.0 Å². The van der Waals surface area contributed by atoms with E-state index in [0.29, 0.717) is 29.0 Å². The maximum absolute atomic E-state index is 13.6. The third-order valence-corrected chi connectivity index (χ3v) is 9.71. The molecule has 0 unspecified atom stereocenters. The molecular weight excluding hydrogens is 686 g/mol. The molecule has 52 heavy (non-hydrogen) atoms. The minimum atomic E-state index is -1.93. The van der Waals surface area contributed by atoms with E-state index >= 15 is 0 Å². The molecular formula is C34H37N5O13. The number of aliphatic hydroxyl groups excluding tert-OH is 4. The minimum absolute atomic E-state index is 0.0188. The van der Waals surface area contributed by atoms with E-state index < -0.39 is 55.0 Å². The van der Waals surface area contributed by atoms with E-state index in [1.807, 2.05) is 6.92 Å². The fourth-order valence-corrected chi connectivity index (χ4v) is 6.90. The van der Waals surface area contributed by atoms with E-state index in [1.54, 1.807) is 35.8 Å². The van der Waals surface area contributed by atoms with Crippen LogP contribution in [-0.4, -0.2) is 106 Å². The molecule has 3 aliphatic rings. The Balaban J connectivity index is 0.981. The van der Waals surface area contributed by atoms with Gasteiger partial charge in [0.25, 0.3) is 5.56 Å². The zero-order chi connectivity index (χ0) is 36.9. The lowest BCUT2D eigenvalue weighted by atomic mass is 9.86. The molecule has 3 aliphatic heterocycles. The Morgan fingerprint density at radius 3 is 2.63 bits per heavy atom. The molecule has 0 spiro atoms. The van der Waals surface area contributed by atoms with Crippen molar-refractivity contribution in [3.63, 3.8) is 0 Å². The minimum Gasteiger partial charge on any atom is -0.458 e.